The molecule has 0 aliphatic heterocycles. The van der Waals surface area contributed by atoms with E-state index in [4.69, 9.17) is 16.0 Å². The van der Waals surface area contributed by atoms with Crippen molar-refractivity contribution in [2.45, 2.75) is 19.3 Å². The molecule has 1 aromatic heterocycles. The van der Waals surface area contributed by atoms with E-state index < -0.39 is 35.1 Å². The van der Waals surface area contributed by atoms with Gasteiger partial charge in [-0.15, -0.1) is 0 Å². The predicted molar refractivity (Wildman–Crippen MR) is 98.3 cm³/mol. The predicted octanol–water partition coefficient (Wildman–Crippen LogP) is 7.20. The summed E-state index contributed by atoms with van der Waals surface area (Å²) in [4.78, 5) is 12.5. The van der Waals surface area contributed by atoms with Crippen molar-refractivity contribution in [3.05, 3.63) is 76.0 Å². The molecule has 0 unspecified atom stereocenters. The minimum Gasteiger partial charge on any atom is -0.451 e. The number of carbonyl (C=O) groups excluding carboxylic acids is 1. The van der Waals surface area contributed by atoms with E-state index in [1.54, 1.807) is 0 Å². The van der Waals surface area contributed by atoms with Gasteiger partial charge >= 0.3 is 12.4 Å². The van der Waals surface area contributed by atoms with E-state index in [1.165, 1.54) is 37.3 Å². The number of aryl methyl sites for hydroxylation is 1. The van der Waals surface area contributed by atoms with Crippen LogP contribution in [0.4, 0.5) is 32.0 Å². The Morgan fingerprint density at radius 2 is 1.57 bits per heavy atom. The highest BCUT2D eigenvalue weighted by atomic mass is 35.5. The highest BCUT2D eigenvalue weighted by Gasteiger charge is 2.40. The van der Waals surface area contributed by atoms with Crippen LogP contribution in [0.25, 0.3) is 11.3 Å². The van der Waals surface area contributed by atoms with Crippen LogP contribution >= 0.6 is 11.6 Å². The van der Waals surface area contributed by atoms with Crippen LogP contribution in [0.2, 0.25) is 5.02 Å². The lowest BCUT2D eigenvalue weighted by Gasteiger charge is -2.12. The minimum absolute atomic E-state index is 0.171. The van der Waals surface area contributed by atoms with Gasteiger partial charge in [-0.2, -0.15) is 26.3 Å². The number of anilines is 1. The fourth-order valence-corrected chi connectivity index (χ4v) is 2.87. The van der Waals surface area contributed by atoms with Crippen LogP contribution < -0.4 is 5.32 Å². The number of rotatable bonds is 3. The molecule has 0 saturated heterocycles. The molecule has 0 atom stereocenters. The second-order valence-corrected chi connectivity index (χ2v) is 6.83. The smallest absolute Gasteiger partial charge is 0.450 e. The molecular weight excluding hydrogens is 436 g/mol. The zero-order chi connectivity index (χ0) is 22.3. The Morgan fingerprint density at radius 3 is 2.13 bits per heavy atom. The molecule has 1 heterocycles. The highest BCUT2D eigenvalue weighted by Crippen LogP contribution is 2.38. The topological polar surface area (TPSA) is 42.2 Å². The number of alkyl halides is 6. The average molecular weight is 448 g/mol. The molecule has 10 heteroatoms. The van der Waals surface area contributed by atoms with Crippen molar-refractivity contribution >= 4 is 23.2 Å². The lowest BCUT2D eigenvalue weighted by Crippen LogP contribution is -2.17. The van der Waals surface area contributed by atoms with E-state index in [0.717, 1.165) is 12.1 Å². The number of benzene rings is 2. The van der Waals surface area contributed by atoms with Gasteiger partial charge in [-0.25, -0.2) is 0 Å². The van der Waals surface area contributed by atoms with E-state index in [1.807, 2.05) is 0 Å². The van der Waals surface area contributed by atoms with E-state index in [-0.39, 0.29) is 22.6 Å². The van der Waals surface area contributed by atoms with Gasteiger partial charge in [0.15, 0.2) is 0 Å². The summed E-state index contributed by atoms with van der Waals surface area (Å²) in [5.41, 5.74) is -1.79. The molecule has 0 saturated carbocycles. The van der Waals surface area contributed by atoms with Crippen molar-refractivity contribution in [3.63, 3.8) is 0 Å². The van der Waals surface area contributed by atoms with E-state index >= 15 is 0 Å². The Labute approximate surface area is 171 Å². The molecule has 158 valence electrons. The minimum atomic E-state index is -5.00. The third kappa shape index (κ3) is 4.79. The van der Waals surface area contributed by atoms with Gasteiger partial charge in [0, 0.05) is 16.3 Å². The fourth-order valence-electron chi connectivity index (χ4n) is 2.74. The standard InChI is InChI=1S/C20H12ClF6NO2/c1-10-6-12(19(22,23)24)8-14(7-10)28-18(29)15-9-16(30-17(15)20(25,26)27)11-2-4-13(21)5-3-11/h2-9H,1H3,(H,28,29). The molecular formula is C20H12ClF6NO2. The summed E-state index contributed by atoms with van der Waals surface area (Å²) >= 11 is 5.75. The Kier molecular flexibility index (Phi) is 5.60. The maximum Gasteiger partial charge on any atom is 0.450 e. The van der Waals surface area contributed by atoms with E-state index in [2.05, 4.69) is 5.32 Å². The molecule has 0 spiro atoms. The summed E-state index contributed by atoms with van der Waals surface area (Å²) in [6.45, 7) is 1.36. The molecule has 0 bridgehead atoms. The van der Waals surface area contributed by atoms with Gasteiger partial charge in [0.2, 0.25) is 5.76 Å². The largest absolute Gasteiger partial charge is 0.451 e. The fraction of sp³-hybridized carbons (Fsp3) is 0.150. The summed E-state index contributed by atoms with van der Waals surface area (Å²) in [6.07, 6.45) is -9.68. The summed E-state index contributed by atoms with van der Waals surface area (Å²) in [5.74, 6) is -3.07. The second kappa shape index (κ2) is 7.71. The zero-order valence-corrected chi connectivity index (χ0v) is 15.8. The number of nitrogens with one attached hydrogen (secondary N) is 1. The monoisotopic (exact) mass is 447 g/mol. The molecule has 0 aliphatic carbocycles. The lowest BCUT2D eigenvalue weighted by molar-refractivity contribution is -0.153. The third-order valence-corrected chi connectivity index (χ3v) is 4.28. The summed E-state index contributed by atoms with van der Waals surface area (Å²) in [7, 11) is 0. The maximum absolute atomic E-state index is 13.4. The number of furan rings is 1. The molecule has 2 aromatic carbocycles. The van der Waals surface area contributed by atoms with Gasteiger partial charge in [-0.3, -0.25) is 4.79 Å². The second-order valence-electron chi connectivity index (χ2n) is 6.40. The number of halogens is 7. The van der Waals surface area contributed by atoms with Crippen LogP contribution in [0.5, 0.6) is 0 Å². The van der Waals surface area contributed by atoms with Crippen molar-refractivity contribution in [1.82, 2.24) is 0 Å². The van der Waals surface area contributed by atoms with Crippen LogP contribution in [0.1, 0.15) is 27.2 Å². The average Bonchev–Trinajstić information content (AvgIpc) is 3.07. The van der Waals surface area contributed by atoms with Crippen LogP contribution in [-0.4, -0.2) is 5.91 Å². The Balaban J connectivity index is 1.99. The summed E-state index contributed by atoms with van der Waals surface area (Å²) < 4.78 is 83.9. The molecule has 1 amide bonds. The van der Waals surface area contributed by atoms with Crippen molar-refractivity contribution in [1.29, 1.82) is 0 Å². The van der Waals surface area contributed by atoms with Crippen LogP contribution in [-0.2, 0) is 12.4 Å². The third-order valence-electron chi connectivity index (χ3n) is 4.03. The van der Waals surface area contributed by atoms with Crippen molar-refractivity contribution in [2.24, 2.45) is 0 Å². The van der Waals surface area contributed by atoms with Crippen molar-refractivity contribution < 1.29 is 35.6 Å². The summed E-state index contributed by atoms with van der Waals surface area (Å²) in [6, 6.07) is 9.24. The van der Waals surface area contributed by atoms with Gasteiger partial charge in [-0.1, -0.05) is 11.6 Å². The first-order valence-corrected chi connectivity index (χ1v) is 8.69. The Bertz CT molecular complexity index is 1080. The molecule has 3 nitrogen and oxygen atoms in total. The van der Waals surface area contributed by atoms with Gasteiger partial charge < -0.3 is 9.73 Å². The maximum atomic E-state index is 13.4. The lowest BCUT2D eigenvalue weighted by atomic mass is 10.1. The van der Waals surface area contributed by atoms with E-state index in [0.29, 0.717) is 11.1 Å². The van der Waals surface area contributed by atoms with E-state index in [9.17, 15) is 31.1 Å². The molecule has 30 heavy (non-hydrogen) atoms. The molecule has 1 N–H and O–H groups in total. The molecule has 0 aliphatic rings. The molecule has 0 radical (unpaired) electrons. The quantitative estimate of drug-likeness (QED) is 0.431. The molecule has 3 aromatic rings. The summed E-state index contributed by atoms with van der Waals surface area (Å²) in [5, 5.41) is 2.42. The first-order chi connectivity index (χ1) is 13.8. The first-order valence-electron chi connectivity index (χ1n) is 8.32. The van der Waals surface area contributed by atoms with Crippen LogP contribution in [0.15, 0.2) is 52.9 Å². The number of amides is 1. The number of carbonyl (C=O) groups is 1. The van der Waals surface area contributed by atoms with Crippen molar-refractivity contribution in [2.75, 3.05) is 5.32 Å². The van der Waals surface area contributed by atoms with Gasteiger partial charge in [-0.05, 0) is 61.0 Å². The van der Waals surface area contributed by atoms with Gasteiger partial charge in [0.05, 0.1) is 11.1 Å². The normalized spacial score (nSPS) is 12.1. The molecule has 3 rings (SSSR count). The van der Waals surface area contributed by atoms with Gasteiger partial charge in [0.25, 0.3) is 5.91 Å². The SMILES string of the molecule is Cc1cc(NC(=O)c2cc(-c3ccc(Cl)cc3)oc2C(F)(F)F)cc(C(F)(F)F)c1. The first kappa shape index (κ1) is 21.8. The zero-order valence-electron chi connectivity index (χ0n) is 15.1. The highest BCUT2D eigenvalue weighted by molar-refractivity contribution is 6.30. The Hall–Kier alpha value is -2.94. The van der Waals surface area contributed by atoms with Crippen molar-refractivity contribution in [3.8, 4) is 11.3 Å². The number of hydrogen-bond acceptors (Lipinski definition) is 2. The molecule has 0 fully saturated rings. The number of hydrogen-bond donors (Lipinski definition) is 1. The Morgan fingerprint density at radius 1 is 0.933 bits per heavy atom. The van der Waals surface area contributed by atoms with Gasteiger partial charge in [0.1, 0.15) is 5.76 Å². The van der Waals surface area contributed by atoms with Crippen LogP contribution in [0.3, 0.4) is 0 Å². The van der Waals surface area contributed by atoms with Crippen LogP contribution in [0, 0.1) is 6.92 Å².